The molecule has 0 aromatic rings. The van der Waals surface area contributed by atoms with Crippen LogP contribution in [0.25, 0.3) is 0 Å². The molecule has 1 atom stereocenters. The van der Waals surface area contributed by atoms with Crippen molar-refractivity contribution in [1.82, 2.24) is 5.32 Å². The van der Waals surface area contributed by atoms with Crippen LogP contribution in [0.5, 0.6) is 0 Å². The zero-order valence-electron chi connectivity index (χ0n) is 10.3. The summed E-state index contributed by atoms with van der Waals surface area (Å²) < 4.78 is 6.32. The monoisotopic (exact) mass is 215 g/mol. The van der Waals surface area contributed by atoms with Crippen LogP contribution >= 0.6 is 0 Å². The SMILES string of the molecule is CC(C)(C)[Si](C)(C)O[C@@H]1CCCNC1. The Bertz CT molecular complexity index is 180. The van der Waals surface area contributed by atoms with Crippen molar-refractivity contribution >= 4 is 8.32 Å². The van der Waals surface area contributed by atoms with Gasteiger partial charge in [0.15, 0.2) is 8.32 Å². The molecule has 0 unspecified atom stereocenters. The summed E-state index contributed by atoms with van der Waals surface area (Å²) in [4.78, 5) is 0. The highest BCUT2D eigenvalue weighted by molar-refractivity contribution is 6.74. The van der Waals surface area contributed by atoms with Crippen LogP contribution in [-0.2, 0) is 4.43 Å². The van der Waals surface area contributed by atoms with Crippen LogP contribution in [0.4, 0.5) is 0 Å². The lowest BCUT2D eigenvalue weighted by atomic mass is 10.1. The zero-order chi connectivity index (χ0) is 10.8. The molecule has 1 heterocycles. The van der Waals surface area contributed by atoms with Crippen molar-refractivity contribution < 1.29 is 4.43 Å². The third-order valence-electron chi connectivity index (χ3n) is 3.52. The molecule has 14 heavy (non-hydrogen) atoms. The topological polar surface area (TPSA) is 21.3 Å². The lowest BCUT2D eigenvalue weighted by Crippen LogP contribution is -2.48. The fraction of sp³-hybridized carbons (Fsp3) is 1.00. The molecule has 0 bridgehead atoms. The summed E-state index contributed by atoms with van der Waals surface area (Å²) in [5.41, 5.74) is 0. The maximum atomic E-state index is 6.32. The summed E-state index contributed by atoms with van der Waals surface area (Å²) in [5, 5.41) is 3.74. The minimum Gasteiger partial charge on any atom is -0.413 e. The molecule has 0 saturated carbocycles. The predicted octanol–water partition coefficient (Wildman–Crippen LogP) is 2.76. The van der Waals surface area contributed by atoms with Crippen LogP contribution in [-0.4, -0.2) is 27.5 Å². The van der Waals surface area contributed by atoms with Gasteiger partial charge in [0.2, 0.25) is 0 Å². The Morgan fingerprint density at radius 2 is 1.93 bits per heavy atom. The molecule has 0 aromatic heterocycles. The van der Waals surface area contributed by atoms with E-state index in [0.29, 0.717) is 11.1 Å². The van der Waals surface area contributed by atoms with Crippen LogP contribution in [0.3, 0.4) is 0 Å². The van der Waals surface area contributed by atoms with Gasteiger partial charge in [-0.3, -0.25) is 0 Å². The molecular formula is C11H25NOSi. The Kier molecular flexibility index (Phi) is 3.78. The molecule has 1 aliphatic heterocycles. The van der Waals surface area contributed by atoms with Crippen LogP contribution in [0.2, 0.25) is 18.1 Å². The minimum atomic E-state index is -1.53. The van der Waals surface area contributed by atoms with Gasteiger partial charge in [0.1, 0.15) is 0 Å². The van der Waals surface area contributed by atoms with E-state index in [1.54, 1.807) is 0 Å². The number of rotatable bonds is 2. The lowest BCUT2D eigenvalue weighted by Gasteiger charge is -2.40. The van der Waals surface area contributed by atoms with Gasteiger partial charge in [-0.1, -0.05) is 20.8 Å². The van der Waals surface area contributed by atoms with E-state index in [2.05, 4.69) is 39.2 Å². The second kappa shape index (κ2) is 4.33. The summed E-state index contributed by atoms with van der Waals surface area (Å²) >= 11 is 0. The fourth-order valence-electron chi connectivity index (χ4n) is 1.51. The normalized spacial score (nSPS) is 25.1. The average Bonchev–Trinajstić information content (AvgIpc) is 2.03. The van der Waals surface area contributed by atoms with Crippen LogP contribution in [0, 0.1) is 0 Å². The first-order valence-electron chi connectivity index (χ1n) is 5.71. The smallest absolute Gasteiger partial charge is 0.192 e. The Morgan fingerprint density at radius 1 is 1.29 bits per heavy atom. The molecule has 0 aromatic carbocycles. The molecule has 0 aliphatic carbocycles. The van der Waals surface area contributed by atoms with E-state index < -0.39 is 8.32 Å². The third kappa shape index (κ3) is 3.07. The van der Waals surface area contributed by atoms with Crippen molar-refractivity contribution in [2.75, 3.05) is 13.1 Å². The Balaban J connectivity index is 2.49. The van der Waals surface area contributed by atoms with E-state index in [1.807, 2.05) is 0 Å². The Hall–Kier alpha value is 0.137. The molecule has 1 N–H and O–H groups in total. The summed E-state index contributed by atoms with van der Waals surface area (Å²) in [6.45, 7) is 13.8. The van der Waals surface area contributed by atoms with Crippen molar-refractivity contribution in [3.8, 4) is 0 Å². The molecule has 84 valence electrons. The predicted molar refractivity (Wildman–Crippen MR) is 64.2 cm³/mol. The summed E-state index contributed by atoms with van der Waals surface area (Å²) in [6.07, 6.45) is 2.96. The first-order chi connectivity index (χ1) is 6.33. The quantitative estimate of drug-likeness (QED) is 0.715. The van der Waals surface area contributed by atoms with Gasteiger partial charge in [-0.15, -0.1) is 0 Å². The highest BCUT2D eigenvalue weighted by Gasteiger charge is 2.39. The number of nitrogens with one attached hydrogen (secondary N) is 1. The van der Waals surface area contributed by atoms with Crippen molar-refractivity contribution in [3.05, 3.63) is 0 Å². The molecule has 1 fully saturated rings. The largest absolute Gasteiger partial charge is 0.413 e. The summed E-state index contributed by atoms with van der Waals surface area (Å²) in [5.74, 6) is 0. The zero-order valence-corrected chi connectivity index (χ0v) is 11.3. The Morgan fingerprint density at radius 3 is 2.36 bits per heavy atom. The van der Waals surface area contributed by atoms with Crippen molar-refractivity contribution in [2.24, 2.45) is 0 Å². The van der Waals surface area contributed by atoms with E-state index in [-0.39, 0.29) is 0 Å². The van der Waals surface area contributed by atoms with Gasteiger partial charge in [0, 0.05) is 6.54 Å². The van der Waals surface area contributed by atoms with Crippen LogP contribution < -0.4 is 5.32 Å². The van der Waals surface area contributed by atoms with Gasteiger partial charge in [0.25, 0.3) is 0 Å². The molecule has 1 rings (SSSR count). The van der Waals surface area contributed by atoms with Gasteiger partial charge < -0.3 is 9.74 Å². The minimum absolute atomic E-state index is 0.338. The molecule has 0 radical (unpaired) electrons. The summed E-state index contributed by atoms with van der Waals surface area (Å²) in [6, 6.07) is 0. The molecule has 1 saturated heterocycles. The van der Waals surface area contributed by atoms with Gasteiger partial charge in [-0.05, 0) is 37.5 Å². The van der Waals surface area contributed by atoms with Crippen molar-refractivity contribution in [2.45, 2.75) is 57.8 Å². The second-order valence-corrected chi connectivity index (χ2v) is 10.6. The highest BCUT2D eigenvalue weighted by Crippen LogP contribution is 2.37. The standard InChI is InChI=1S/C11H25NOSi/c1-11(2,3)14(4,5)13-10-7-6-8-12-9-10/h10,12H,6-9H2,1-5H3/t10-/m1/s1. The second-order valence-electron chi connectivity index (χ2n) is 5.85. The van der Waals surface area contributed by atoms with E-state index in [9.17, 15) is 0 Å². The molecular weight excluding hydrogens is 190 g/mol. The maximum absolute atomic E-state index is 6.32. The summed E-state index contributed by atoms with van der Waals surface area (Å²) in [7, 11) is -1.53. The van der Waals surface area contributed by atoms with Crippen LogP contribution in [0.1, 0.15) is 33.6 Å². The van der Waals surface area contributed by atoms with Gasteiger partial charge in [0.05, 0.1) is 6.10 Å². The molecule has 2 nitrogen and oxygen atoms in total. The highest BCUT2D eigenvalue weighted by atomic mass is 28.4. The maximum Gasteiger partial charge on any atom is 0.192 e. The van der Waals surface area contributed by atoms with Gasteiger partial charge in [-0.25, -0.2) is 0 Å². The van der Waals surface area contributed by atoms with Crippen molar-refractivity contribution in [1.29, 1.82) is 0 Å². The third-order valence-corrected chi connectivity index (χ3v) is 8.05. The number of hydrogen-bond acceptors (Lipinski definition) is 2. The van der Waals surface area contributed by atoms with E-state index >= 15 is 0 Å². The number of piperidine rings is 1. The van der Waals surface area contributed by atoms with Gasteiger partial charge in [-0.2, -0.15) is 0 Å². The van der Waals surface area contributed by atoms with E-state index in [0.717, 1.165) is 13.1 Å². The number of hydrogen-bond donors (Lipinski definition) is 1. The van der Waals surface area contributed by atoms with E-state index in [1.165, 1.54) is 12.8 Å². The van der Waals surface area contributed by atoms with Crippen LogP contribution in [0.15, 0.2) is 0 Å². The lowest BCUT2D eigenvalue weighted by molar-refractivity contribution is 0.149. The molecule has 1 aliphatic rings. The first kappa shape index (κ1) is 12.2. The first-order valence-corrected chi connectivity index (χ1v) is 8.62. The fourth-order valence-corrected chi connectivity index (χ4v) is 2.90. The molecule has 0 amide bonds. The van der Waals surface area contributed by atoms with Crippen molar-refractivity contribution in [3.63, 3.8) is 0 Å². The van der Waals surface area contributed by atoms with Gasteiger partial charge >= 0.3 is 0 Å². The Labute approximate surface area is 89.6 Å². The molecule has 0 spiro atoms. The van der Waals surface area contributed by atoms with E-state index in [4.69, 9.17) is 4.43 Å². The average molecular weight is 215 g/mol. The molecule has 3 heteroatoms.